The van der Waals surface area contributed by atoms with Gasteiger partial charge >= 0.3 is 0 Å². The molecular weight excluding hydrogens is 262 g/mol. The number of benzene rings is 1. The zero-order valence-electron chi connectivity index (χ0n) is 13.4. The molecule has 0 saturated carbocycles. The zero-order valence-corrected chi connectivity index (χ0v) is 13.4. The number of aliphatic hydroxyl groups is 1. The third kappa shape index (κ3) is 4.58. The van der Waals surface area contributed by atoms with Crippen LogP contribution in [0.1, 0.15) is 32.3 Å². The van der Waals surface area contributed by atoms with Crippen LogP contribution in [0.2, 0.25) is 0 Å². The molecule has 1 saturated heterocycles. The van der Waals surface area contributed by atoms with Crippen molar-refractivity contribution in [2.24, 2.45) is 5.41 Å². The van der Waals surface area contributed by atoms with Gasteiger partial charge in [-0.2, -0.15) is 0 Å². The smallest absolute Gasteiger partial charge is 0.118 e. The number of ether oxygens (including phenoxy) is 1. The third-order valence-electron chi connectivity index (χ3n) is 4.24. The lowest BCUT2D eigenvalue weighted by molar-refractivity contribution is 0.0512. The lowest BCUT2D eigenvalue weighted by Crippen LogP contribution is -2.44. The second kappa shape index (κ2) is 7.10. The van der Waals surface area contributed by atoms with Crippen LogP contribution in [0.5, 0.6) is 5.75 Å². The molecule has 1 aliphatic rings. The fourth-order valence-corrected chi connectivity index (χ4v) is 3.07. The van der Waals surface area contributed by atoms with Crippen molar-refractivity contribution in [3.63, 3.8) is 0 Å². The molecule has 0 aromatic heterocycles. The van der Waals surface area contributed by atoms with Gasteiger partial charge in [-0.25, -0.2) is 0 Å². The van der Waals surface area contributed by atoms with E-state index < -0.39 is 0 Å². The maximum absolute atomic E-state index is 9.53. The van der Waals surface area contributed by atoms with Crippen LogP contribution in [0.15, 0.2) is 29.8 Å². The first-order valence-corrected chi connectivity index (χ1v) is 7.69. The Bertz CT molecular complexity index is 480. The Balaban J connectivity index is 1.96. The van der Waals surface area contributed by atoms with Gasteiger partial charge < -0.3 is 9.84 Å². The Kier molecular flexibility index (Phi) is 5.43. The molecule has 1 aliphatic heterocycles. The lowest BCUT2D eigenvalue weighted by Gasteiger charge is -2.39. The van der Waals surface area contributed by atoms with Gasteiger partial charge in [-0.15, -0.1) is 0 Å². The molecule has 116 valence electrons. The first kappa shape index (κ1) is 16.1. The van der Waals surface area contributed by atoms with Gasteiger partial charge in [-0.3, -0.25) is 4.90 Å². The number of aliphatic hydroxyl groups excluding tert-OH is 1. The highest BCUT2D eigenvalue weighted by Gasteiger charge is 2.30. The predicted molar refractivity (Wildman–Crippen MR) is 87.5 cm³/mol. The summed E-state index contributed by atoms with van der Waals surface area (Å²) in [5, 5.41) is 9.53. The molecule has 2 rings (SSSR count). The molecule has 1 heterocycles. The minimum atomic E-state index is 0.0681. The maximum Gasteiger partial charge on any atom is 0.118 e. The van der Waals surface area contributed by atoms with E-state index in [4.69, 9.17) is 4.74 Å². The summed E-state index contributed by atoms with van der Waals surface area (Å²) in [5.41, 5.74) is 2.62. The number of nitrogens with zero attached hydrogens (tertiary/aromatic N) is 1. The van der Waals surface area contributed by atoms with Gasteiger partial charge in [0.25, 0.3) is 0 Å². The minimum absolute atomic E-state index is 0.0681. The van der Waals surface area contributed by atoms with E-state index in [1.54, 1.807) is 7.11 Å². The van der Waals surface area contributed by atoms with E-state index in [1.165, 1.54) is 17.6 Å². The molecule has 0 radical (unpaired) electrons. The second-order valence-corrected chi connectivity index (χ2v) is 6.55. The molecule has 1 atom stereocenters. The van der Waals surface area contributed by atoms with Crippen LogP contribution >= 0.6 is 0 Å². The van der Waals surface area contributed by atoms with Crippen molar-refractivity contribution in [3.8, 4) is 5.75 Å². The molecule has 1 unspecified atom stereocenters. The number of likely N-dealkylation sites (tertiary alicyclic amines) is 1. The van der Waals surface area contributed by atoms with Gasteiger partial charge in [0, 0.05) is 25.1 Å². The highest BCUT2D eigenvalue weighted by atomic mass is 16.5. The van der Waals surface area contributed by atoms with Crippen molar-refractivity contribution < 1.29 is 9.84 Å². The molecule has 1 aromatic carbocycles. The molecular formula is C18H27NO2. The number of rotatable bonds is 5. The Hall–Kier alpha value is -1.32. The molecule has 3 heteroatoms. The quantitative estimate of drug-likeness (QED) is 0.903. The molecule has 0 aliphatic carbocycles. The summed E-state index contributed by atoms with van der Waals surface area (Å²) in [6, 6.07) is 8.14. The Morgan fingerprint density at radius 2 is 2.10 bits per heavy atom. The van der Waals surface area contributed by atoms with E-state index in [2.05, 4.69) is 37.0 Å². The van der Waals surface area contributed by atoms with Gasteiger partial charge in [0.05, 0.1) is 7.11 Å². The highest BCUT2D eigenvalue weighted by molar-refractivity contribution is 5.53. The van der Waals surface area contributed by atoms with Crippen LogP contribution in [0.4, 0.5) is 0 Å². The average molecular weight is 289 g/mol. The molecule has 1 aromatic rings. The van der Waals surface area contributed by atoms with Crippen LogP contribution in [0, 0.1) is 5.41 Å². The normalized spacial score (nSPS) is 24.1. The highest BCUT2D eigenvalue weighted by Crippen LogP contribution is 2.29. The van der Waals surface area contributed by atoms with Crippen molar-refractivity contribution >= 4 is 6.08 Å². The molecule has 3 nitrogen and oxygen atoms in total. The lowest BCUT2D eigenvalue weighted by atomic mass is 9.82. The zero-order chi connectivity index (χ0) is 15.3. The summed E-state index contributed by atoms with van der Waals surface area (Å²) in [6.45, 7) is 7.73. The van der Waals surface area contributed by atoms with Gasteiger partial charge in [0.1, 0.15) is 5.75 Å². The molecule has 0 bridgehead atoms. The molecule has 21 heavy (non-hydrogen) atoms. The van der Waals surface area contributed by atoms with E-state index in [9.17, 15) is 5.11 Å². The van der Waals surface area contributed by atoms with Crippen LogP contribution in [-0.2, 0) is 0 Å². The third-order valence-corrected chi connectivity index (χ3v) is 4.24. The number of methoxy groups -OCH3 is 1. The second-order valence-electron chi connectivity index (χ2n) is 6.55. The van der Waals surface area contributed by atoms with Crippen LogP contribution < -0.4 is 4.74 Å². The Morgan fingerprint density at radius 1 is 1.38 bits per heavy atom. The van der Waals surface area contributed by atoms with Crippen molar-refractivity contribution in [3.05, 3.63) is 35.4 Å². The van der Waals surface area contributed by atoms with Crippen LogP contribution in [0.25, 0.3) is 6.08 Å². The summed E-state index contributed by atoms with van der Waals surface area (Å²) in [5.74, 6) is 0.888. The van der Waals surface area contributed by atoms with Gasteiger partial charge in [-0.1, -0.05) is 30.7 Å². The van der Waals surface area contributed by atoms with Crippen molar-refractivity contribution in [1.82, 2.24) is 4.90 Å². The van der Waals surface area contributed by atoms with Gasteiger partial charge in [0.15, 0.2) is 0 Å². The fraction of sp³-hybridized carbons (Fsp3) is 0.556. The predicted octanol–water partition coefficient (Wildman–Crippen LogP) is 3.19. The van der Waals surface area contributed by atoms with Gasteiger partial charge in [-0.05, 0) is 44.0 Å². The summed E-state index contributed by atoms with van der Waals surface area (Å²) in [4.78, 5) is 2.45. The number of hydrogen-bond donors (Lipinski definition) is 1. The maximum atomic E-state index is 9.53. The molecule has 0 spiro atoms. The van der Waals surface area contributed by atoms with Crippen molar-refractivity contribution in [2.75, 3.05) is 33.4 Å². The Morgan fingerprint density at radius 3 is 2.71 bits per heavy atom. The number of piperidine rings is 1. The first-order valence-electron chi connectivity index (χ1n) is 7.69. The van der Waals surface area contributed by atoms with E-state index in [0.717, 1.165) is 31.8 Å². The summed E-state index contributed by atoms with van der Waals surface area (Å²) >= 11 is 0. The Labute approximate surface area is 128 Å². The van der Waals surface area contributed by atoms with Gasteiger partial charge in [0.2, 0.25) is 0 Å². The summed E-state index contributed by atoms with van der Waals surface area (Å²) in [7, 11) is 1.69. The van der Waals surface area contributed by atoms with E-state index >= 15 is 0 Å². The largest absolute Gasteiger partial charge is 0.497 e. The minimum Gasteiger partial charge on any atom is -0.497 e. The molecule has 1 fully saturated rings. The fourth-order valence-electron chi connectivity index (χ4n) is 3.07. The topological polar surface area (TPSA) is 32.7 Å². The summed E-state index contributed by atoms with van der Waals surface area (Å²) in [6.07, 6.45) is 4.53. The van der Waals surface area contributed by atoms with Crippen molar-refractivity contribution in [1.29, 1.82) is 0 Å². The molecule has 1 N–H and O–H groups in total. The summed E-state index contributed by atoms with van der Waals surface area (Å²) < 4.78 is 5.18. The molecule has 0 amide bonds. The van der Waals surface area contributed by atoms with E-state index in [1.807, 2.05) is 12.1 Å². The number of hydrogen-bond acceptors (Lipinski definition) is 3. The SMILES string of the molecule is COc1ccc(/C=C(/C)CN2CCCC(C)(CO)C2)cc1. The van der Waals surface area contributed by atoms with E-state index in [-0.39, 0.29) is 12.0 Å². The average Bonchev–Trinajstić information content (AvgIpc) is 2.48. The van der Waals surface area contributed by atoms with Crippen molar-refractivity contribution in [2.45, 2.75) is 26.7 Å². The monoisotopic (exact) mass is 289 g/mol. The van der Waals surface area contributed by atoms with E-state index in [0.29, 0.717) is 0 Å². The van der Waals surface area contributed by atoms with Crippen LogP contribution in [-0.4, -0.2) is 43.4 Å². The first-order chi connectivity index (χ1) is 10.0. The standard InChI is InChI=1S/C18H27NO2/c1-15(11-16-5-7-17(21-3)8-6-16)12-19-10-4-9-18(2,13-19)14-20/h5-8,11,20H,4,9-10,12-14H2,1-3H3/b15-11-. The van der Waals surface area contributed by atoms with Crippen LogP contribution in [0.3, 0.4) is 0 Å².